The summed E-state index contributed by atoms with van der Waals surface area (Å²) in [6, 6.07) is 7.58. The predicted molar refractivity (Wildman–Crippen MR) is 91.1 cm³/mol. The van der Waals surface area contributed by atoms with Gasteiger partial charge in [-0.05, 0) is 38.5 Å². The molecule has 0 spiro atoms. The molecule has 1 aromatic heterocycles. The van der Waals surface area contributed by atoms with Gasteiger partial charge in [0, 0.05) is 14.1 Å². The summed E-state index contributed by atoms with van der Waals surface area (Å²) >= 11 is 0. The normalized spacial score (nSPS) is 10.3. The Hall–Kier alpha value is -2.63. The Morgan fingerprint density at radius 1 is 1.17 bits per heavy atom. The fraction of sp³-hybridized carbons (Fsp3) is 0.353. The number of aromatic nitrogens is 2. The molecule has 0 aliphatic carbocycles. The van der Waals surface area contributed by atoms with Gasteiger partial charge in [-0.3, -0.25) is 4.79 Å². The van der Waals surface area contributed by atoms with Crippen LogP contribution in [-0.2, 0) is 4.79 Å². The van der Waals surface area contributed by atoms with Crippen LogP contribution in [0.2, 0.25) is 0 Å². The van der Waals surface area contributed by atoms with E-state index in [-0.39, 0.29) is 12.5 Å². The third-order valence-electron chi connectivity index (χ3n) is 3.28. The number of anilines is 2. The Bertz CT molecular complexity index is 690. The van der Waals surface area contributed by atoms with E-state index < -0.39 is 0 Å². The van der Waals surface area contributed by atoms with E-state index in [0.717, 1.165) is 17.0 Å². The molecule has 6 heteroatoms. The molecule has 122 valence electrons. The Morgan fingerprint density at radius 3 is 2.39 bits per heavy atom. The van der Waals surface area contributed by atoms with Crippen molar-refractivity contribution in [3.05, 3.63) is 41.2 Å². The summed E-state index contributed by atoms with van der Waals surface area (Å²) in [6.45, 7) is 5.61. The largest absolute Gasteiger partial charge is 0.484 e. The lowest BCUT2D eigenvalue weighted by atomic mass is 10.2. The van der Waals surface area contributed by atoms with Gasteiger partial charge < -0.3 is 15.0 Å². The van der Waals surface area contributed by atoms with E-state index in [1.54, 1.807) is 0 Å². The second kappa shape index (κ2) is 7.09. The van der Waals surface area contributed by atoms with E-state index in [9.17, 15) is 4.79 Å². The highest BCUT2D eigenvalue weighted by atomic mass is 16.5. The first-order valence-electron chi connectivity index (χ1n) is 7.38. The lowest BCUT2D eigenvalue weighted by Gasteiger charge is -2.16. The number of aryl methyl sites for hydroxylation is 3. The van der Waals surface area contributed by atoms with E-state index in [0.29, 0.717) is 17.4 Å². The Kier molecular flexibility index (Phi) is 5.16. The van der Waals surface area contributed by atoms with Gasteiger partial charge in [0.05, 0.1) is 17.1 Å². The molecule has 1 amide bonds. The number of rotatable bonds is 5. The third kappa shape index (κ3) is 4.42. The van der Waals surface area contributed by atoms with Gasteiger partial charge in [0.1, 0.15) is 5.75 Å². The minimum atomic E-state index is -0.237. The molecule has 0 bridgehead atoms. The monoisotopic (exact) mass is 314 g/mol. The average Bonchev–Trinajstić information content (AvgIpc) is 2.48. The summed E-state index contributed by atoms with van der Waals surface area (Å²) in [5.74, 6) is 1.06. The second-order valence-electron chi connectivity index (χ2n) is 5.62. The summed E-state index contributed by atoms with van der Waals surface area (Å²) < 4.78 is 5.50. The average molecular weight is 314 g/mol. The van der Waals surface area contributed by atoms with E-state index in [2.05, 4.69) is 15.3 Å². The zero-order chi connectivity index (χ0) is 17.0. The van der Waals surface area contributed by atoms with Crippen molar-refractivity contribution in [1.29, 1.82) is 0 Å². The van der Waals surface area contributed by atoms with Crippen LogP contribution >= 0.6 is 0 Å². The lowest BCUT2D eigenvalue weighted by Crippen LogP contribution is -2.23. The second-order valence-corrected chi connectivity index (χ2v) is 5.62. The molecule has 0 unspecified atom stereocenters. The van der Waals surface area contributed by atoms with Gasteiger partial charge >= 0.3 is 0 Å². The van der Waals surface area contributed by atoms with Crippen LogP contribution in [0.5, 0.6) is 5.75 Å². The Morgan fingerprint density at radius 2 is 1.83 bits per heavy atom. The fourth-order valence-corrected chi connectivity index (χ4v) is 2.11. The molecule has 1 N–H and O–H groups in total. The van der Waals surface area contributed by atoms with Gasteiger partial charge in [-0.25, -0.2) is 9.97 Å². The highest BCUT2D eigenvalue weighted by molar-refractivity contribution is 5.93. The molecule has 1 heterocycles. The van der Waals surface area contributed by atoms with Crippen molar-refractivity contribution in [1.82, 2.24) is 9.97 Å². The van der Waals surface area contributed by atoms with Crippen LogP contribution in [0.15, 0.2) is 24.3 Å². The molecule has 0 radical (unpaired) electrons. The molecular formula is C17H22N4O2. The minimum Gasteiger partial charge on any atom is -0.484 e. The number of amides is 1. The van der Waals surface area contributed by atoms with Crippen LogP contribution < -0.4 is 15.0 Å². The Labute approximate surface area is 136 Å². The Balaban J connectivity index is 2.03. The quantitative estimate of drug-likeness (QED) is 0.918. The molecule has 0 aliphatic rings. The van der Waals surface area contributed by atoms with Gasteiger partial charge in [-0.15, -0.1) is 0 Å². The molecule has 0 fully saturated rings. The van der Waals surface area contributed by atoms with Crippen LogP contribution in [0.3, 0.4) is 0 Å². The number of nitrogens with zero attached hydrogens (tertiary/aromatic N) is 3. The van der Waals surface area contributed by atoms with Crippen molar-refractivity contribution in [2.45, 2.75) is 20.8 Å². The third-order valence-corrected chi connectivity index (χ3v) is 3.28. The number of ether oxygens (including phenoxy) is 1. The van der Waals surface area contributed by atoms with Crippen LogP contribution in [0, 0.1) is 20.8 Å². The number of carbonyl (C=O) groups is 1. The molecule has 23 heavy (non-hydrogen) atoms. The predicted octanol–water partition coefficient (Wildman–Crippen LogP) is 2.49. The number of hydrogen-bond acceptors (Lipinski definition) is 5. The summed E-state index contributed by atoms with van der Waals surface area (Å²) in [7, 11) is 3.75. The van der Waals surface area contributed by atoms with Gasteiger partial charge in [0.15, 0.2) is 6.61 Å². The maximum atomic E-state index is 12.1. The zero-order valence-electron chi connectivity index (χ0n) is 14.2. The van der Waals surface area contributed by atoms with Crippen molar-refractivity contribution < 1.29 is 9.53 Å². The fourth-order valence-electron chi connectivity index (χ4n) is 2.11. The highest BCUT2D eigenvalue weighted by Gasteiger charge is 2.13. The van der Waals surface area contributed by atoms with Crippen molar-refractivity contribution in [3.63, 3.8) is 0 Å². The van der Waals surface area contributed by atoms with Crippen molar-refractivity contribution in [2.75, 3.05) is 30.9 Å². The summed E-state index contributed by atoms with van der Waals surface area (Å²) in [4.78, 5) is 22.7. The first-order valence-corrected chi connectivity index (χ1v) is 7.38. The molecule has 6 nitrogen and oxygen atoms in total. The van der Waals surface area contributed by atoms with E-state index >= 15 is 0 Å². The minimum absolute atomic E-state index is 0.0578. The van der Waals surface area contributed by atoms with Crippen LogP contribution in [0.25, 0.3) is 0 Å². The molecule has 2 aromatic rings. The first-order chi connectivity index (χ1) is 10.9. The molecule has 2 rings (SSSR count). The summed E-state index contributed by atoms with van der Waals surface area (Å²) in [5, 5.41) is 2.82. The first kappa shape index (κ1) is 16.7. The molecule has 0 saturated heterocycles. The van der Waals surface area contributed by atoms with Crippen LogP contribution in [0.1, 0.15) is 17.0 Å². The lowest BCUT2D eigenvalue weighted by molar-refractivity contribution is -0.118. The summed E-state index contributed by atoms with van der Waals surface area (Å²) in [5.41, 5.74) is 3.17. The van der Waals surface area contributed by atoms with Crippen LogP contribution in [-0.4, -0.2) is 36.6 Å². The molecule has 0 saturated carbocycles. The van der Waals surface area contributed by atoms with Gasteiger partial charge in [0.2, 0.25) is 5.95 Å². The molecule has 1 aromatic carbocycles. The molecular weight excluding hydrogens is 292 g/mol. The number of nitrogens with one attached hydrogen (secondary N) is 1. The summed E-state index contributed by atoms with van der Waals surface area (Å²) in [6.07, 6.45) is 0. The number of benzene rings is 1. The van der Waals surface area contributed by atoms with Crippen molar-refractivity contribution in [2.24, 2.45) is 0 Å². The van der Waals surface area contributed by atoms with Crippen LogP contribution in [0.4, 0.5) is 11.6 Å². The SMILES string of the molecule is Cc1cccc(OCC(=O)Nc2c(C)nc(N(C)C)nc2C)c1. The van der Waals surface area contributed by atoms with Gasteiger partial charge in [-0.1, -0.05) is 12.1 Å². The van der Waals surface area contributed by atoms with E-state index in [1.807, 2.05) is 64.0 Å². The zero-order valence-corrected chi connectivity index (χ0v) is 14.2. The van der Waals surface area contributed by atoms with Gasteiger partial charge in [0.25, 0.3) is 5.91 Å². The standard InChI is InChI=1S/C17H22N4O2/c1-11-7-6-8-14(9-11)23-10-15(22)20-16-12(2)18-17(21(4)5)19-13(16)3/h6-9H,10H2,1-5H3,(H,20,22). The van der Waals surface area contributed by atoms with E-state index in [4.69, 9.17) is 4.74 Å². The highest BCUT2D eigenvalue weighted by Crippen LogP contribution is 2.19. The molecule has 0 aliphatic heterocycles. The van der Waals surface area contributed by atoms with E-state index in [1.165, 1.54) is 0 Å². The number of hydrogen-bond donors (Lipinski definition) is 1. The topological polar surface area (TPSA) is 67.3 Å². The van der Waals surface area contributed by atoms with Crippen molar-refractivity contribution >= 4 is 17.5 Å². The smallest absolute Gasteiger partial charge is 0.262 e. The molecule has 0 atom stereocenters. The van der Waals surface area contributed by atoms with Gasteiger partial charge in [-0.2, -0.15) is 0 Å². The maximum Gasteiger partial charge on any atom is 0.262 e. The maximum absolute atomic E-state index is 12.1. The van der Waals surface area contributed by atoms with Crippen molar-refractivity contribution in [3.8, 4) is 5.75 Å². The number of carbonyl (C=O) groups excluding carboxylic acids is 1.